The predicted octanol–water partition coefficient (Wildman–Crippen LogP) is 2.43. The Morgan fingerprint density at radius 1 is 1.04 bits per heavy atom. The first-order valence-corrected chi connectivity index (χ1v) is 10.2. The molecule has 0 spiro atoms. The molecule has 0 radical (unpaired) electrons. The van der Waals surface area contributed by atoms with E-state index in [4.69, 9.17) is 0 Å². The van der Waals surface area contributed by atoms with E-state index in [0.717, 1.165) is 24.2 Å². The normalized spacial score (nSPS) is 43.0. The molecule has 25 heavy (non-hydrogen) atoms. The fourth-order valence-corrected chi connectivity index (χ4v) is 6.94. The molecular weight excluding hydrogens is 314 g/mol. The molecule has 0 aromatic heterocycles. The van der Waals surface area contributed by atoms with Gasteiger partial charge in [-0.2, -0.15) is 0 Å². The lowest BCUT2D eigenvalue weighted by Crippen LogP contribution is -2.58. The van der Waals surface area contributed by atoms with Gasteiger partial charge in [-0.05, 0) is 81.0 Å². The first-order chi connectivity index (χ1) is 12.0. The zero-order valence-electron chi connectivity index (χ0n) is 15.2. The fourth-order valence-electron chi connectivity index (χ4n) is 6.94. The Labute approximate surface area is 150 Å². The summed E-state index contributed by atoms with van der Waals surface area (Å²) in [5, 5.41) is 14.7. The van der Waals surface area contributed by atoms with Gasteiger partial charge in [0.25, 0.3) is 0 Å². The second-order valence-electron chi connectivity index (χ2n) is 9.22. The summed E-state index contributed by atoms with van der Waals surface area (Å²) >= 11 is 0. The Hall–Kier alpha value is -1.32. The van der Waals surface area contributed by atoms with Crippen LogP contribution in [0.15, 0.2) is 12.2 Å². The van der Waals surface area contributed by atoms with Crippen molar-refractivity contribution in [2.45, 2.75) is 70.8 Å². The summed E-state index contributed by atoms with van der Waals surface area (Å²) in [7, 11) is 0. The van der Waals surface area contributed by atoms with Gasteiger partial charge in [-0.15, -0.1) is 0 Å². The van der Waals surface area contributed by atoms with E-state index in [1.165, 1.54) is 38.5 Å². The molecule has 3 atom stereocenters. The van der Waals surface area contributed by atoms with Crippen LogP contribution in [0.4, 0.5) is 0 Å². The molecule has 138 valence electrons. The number of nitrogens with one attached hydrogen (secondary N) is 1. The summed E-state index contributed by atoms with van der Waals surface area (Å²) in [5.74, 6) is 0.243. The lowest BCUT2D eigenvalue weighted by molar-refractivity contribution is -0.313. The van der Waals surface area contributed by atoms with Crippen LogP contribution >= 0.6 is 0 Å². The van der Waals surface area contributed by atoms with E-state index in [0.29, 0.717) is 12.8 Å². The summed E-state index contributed by atoms with van der Waals surface area (Å²) in [5.41, 5.74) is 0.265. The van der Waals surface area contributed by atoms with Crippen LogP contribution in [-0.2, 0) is 9.59 Å². The molecular formula is C21H30NO3-. The van der Waals surface area contributed by atoms with Gasteiger partial charge in [0.2, 0.25) is 5.91 Å². The number of aliphatic carboxylic acids is 1. The molecule has 4 bridgehead atoms. The van der Waals surface area contributed by atoms with Crippen molar-refractivity contribution in [1.82, 2.24) is 5.32 Å². The van der Waals surface area contributed by atoms with Crippen LogP contribution in [0, 0.1) is 35.0 Å². The van der Waals surface area contributed by atoms with Crippen LogP contribution in [-0.4, -0.2) is 17.9 Å². The second-order valence-corrected chi connectivity index (χ2v) is 9.22. The number of carbonyl (C=O) groups is 2. The van der Waals surface area contributed by atoms with Gasteiger partial charge in [0.05, 0.1) is 0 Å². The lowest BCUT2D eigenvalue weighted by atomic mass is 9.47. The summed E-state index contributed by atoms with van der Waals surface area (Å²) < 4.78 is 0. The van der Waals surface area contributed by atoms with Gasteiger partial charge in [0.1, 0.15) is 0 Å². The largest absolute Gasteiger partial charge is 0.550 e. The maximum atomic E-state index is 12.9. The number of rotatable bonds is 5. The van der Waals surface area contributed by atoms with E-state index in [2.05, 4.69) is 12.2 Å². The average molecular weight is 344 g/mol. The maximum absolute atomic E-state index is 12.9. The van der Waals surface area contributed by atoms with Crippen LogP contribution in [0.1, 0.15) is 64.7 Å². The number of allylic oxidation sites excluding steroid dienone is 2. The number of amides is 1. The molecule has 5 aliphatic rings. The minimum atomic E-state index is -1.09. The van der Waals surface area contributed by atoms with Crippen molar-refractivity contribution in [2.24, 2.45) is 35.0 Å². The van der Waals surface area contributed by atoms with Gasteiger partial charge >= 0.3 is 0 Å². The number of hydrogen-bond donors (Lipinski definition) is 1. The molecule has 5 aliphatic carbocycles. The van der Waals surface area contributed by atoms with Crippen LogP contribution in [0.3, 0.4) is 0 Å². The topological polar surface area (TPSA) is 69.2 Å². The summed E-state index contributed by atoms with van der Waals surface area (Å²) in [6.07, 6.45) is 13.6. The Bertz CT molecular complexity index is 546. The molecule has 1 amide bonds. The molecule has 1 N–H and O–H groups in total. The van der Waals surface area contributed by atoms with Crippen LogP contribution in [0.5, 0.6) is 0 Å². The molecule has 0 aromatic carbocycles. The van der Waals surface area contributed by atoms with Crippen molar-refractivity contribution in [3.63, 3.8) is 0 Å². The fraction of sp³-hybridized carbons (Fsp3) is 0.810. The smallest absolute Gasteiger partial charge is 0.224 e. The highest BCUT2D eigenvalue weighted by Gasteiger charge is 2.54. The zero-order valence-corrected chi connectivity index (χ0v) is 15.2. The summed E-state index contributed by atoms with van der Waals surface area (Å²) in [6, 6.07) is 0.196. The third-order valence-electron chi connectivity index (χ3n) is 7.62. The first-order valence-electron chi connectivity index (χ1n) is 10.2. The minimum Gasteiger partial charge on any atom is -0.550 e. The van der Waals surface area contributed by atoms with E-state index >= 15 is 0 Å². The molecule has 5 rings (SSSR count). The van der Waals surface area contributed by atoms with Crippen LogP contribution in [0.25, 0.3) is 0 Å². The Balaban J connectivity index is 1.49. The van der Waals surface area contributed by atoms with Crippen molar-refractivity contribution < 1.29 is 14.7 Å². The van der Waals surface area contributed by atoms with E-state index in [-0.39, 0.29) is 17.4 Å². The van der Waals surface area contributed by atoms with Gasteiger partial charge in [-0.3, -0.25) is 4.79 Å². The van der Waals surface area contributed by atoms with Gasteiger partial charge in [0, 0.05) is 23.8 Å². The number of hydrogen-bond acceptors (Lipinski definition) is 3. The quantitative estimate of drug-likeness (QED) is 0.779. The molecule has 4 saturated carbocycles. The summed E-state index contributed by atoms with van der Waals surface area (Å²) in [4.78, 5) is 24.4. The second kappa shape index (κ2) is 6.44. The molecule has 0 heterocycles. The van der Waals surface area contributed by atoms with Crippen molar-refractivity contribution in [1.29, 1.82) is 0 Å². The Morgan fingerprint density at radius 3 is 2.04 bits per heavy atom. The van der Waals surface area contributed by atoms with Gasteiger partial charge in [-0.1, -0.05) is 19.1 Å². The maximum Gasteiger partial charge on any atom is 0.224 e. The predicted molar refractivity (Wildman–Crippen MR) is 93.2 cm³/mol. The molecule has 4 heteroatoms. The monoisotopic (exact) mass is 344 g/mol. The standard InChI is InChI=1S/C21H31NO3/c1-2-18(21-10-13-7-14(11-21)9-15(8-13)12-21)22-19(23)16-5-3-4-6-17(16)20(24)25/h3-4,13-18H,2,5-12H2,1H3,(H,22,23)(H,24,25)/p-1/t13?,14?,15?,16-,17+,18-,21?/m1/s1. The molecule has 0 aromatic rings. The van der Waals surface area contributed by atoms with E-state index < -0.39 is 17.8 Å². The highest BCUT2D eigenvalue weighted by molar-refractivity contribution is 5.85. The van der Waals surface area contributed by atoms with Gasteiger partial charge in [0.15, 0.2) is 0 Å². The van der Waals surface area contributed by atoms with Crippen LogP contribution < -0.4 is 10.4 Å². The van der Waals surface area contributed by atoms with Crippen LogP contribution in [0.2, 0.25) is 0 Å². The number of carboxylic acid groups (broad SMARTS) is 1. The molecule has 0 unspecified atom stereocenters. The molecule has 4 nitrogen and oxygen atoms in total. The highest BCUT2D eigenvalue weighted by Crippen LogP contribution is 2.61. The van der Waals surface area contributed by atoms with E-state index in [1.54, 1.807) is 0 Å². The molecule has 0 saturated heterocycles. The zero-order chi connectivity index (χ0) is 17.6. The first kappa shape index (κ1) is 17.1. The van der Waals surface area contributed by atoms with E-state index in [1.807, 2.05) is 12.2 Å². The molecule has 0 aliphatic heterocycles. The lowest BCUT2D eigenvalue weighted by Gasteiger charge is -2.59. The molecule has 4 fully saturated rings. The number of carbonyl (C=O) groups excluding carboxylic acids is 2. The average Bonchev–Trinajstić information content (AvgIpc) is 2.58. The summed E-state index contributed by atoms with van der Waals surface area (Å²) in [6.45, 7) is 2.17. The van der Waals surface area contributed by atoms with Gasteiger partial charge < -0.3 is 15.2 Å². The van der Waals surface area contributed by atoms with Gasteiger partial charge in [-0.25, -0.2) is 0 Å². The van der Waals surface area contributed by atoms with Crippen molar-refractivity contribution >= 4 is 11.9 Å². The van der Waals surface area contributed by atoms with Crippen molar-refractivity contribution in [3.8, 4) is 0 Å². The third kappa shape index (κ3) is 3.02. The SMILES string of the molecule is CC[C@@H](NC(=O)[C@@H]1CC=CC[C@@H]1C(=O)[O-])C12CC3CC(CC(C3)C1)C2. The minimum absolute atomic E-state index is 0.0684. The Morgan fingerprint density at radius 2 is 1.56 bits per heavy atom. The van der Waals surface area contributed by atoms with Crippen molar-refractivity contribution in [3.05, 3.63) is 12.2 Å². The highest BCUT2D eigenvalue weighted by atomic mass is 16.4. The third-order valence-corrected chi connectivity index (χ3v) is 7.62. The number of carboxylic acids is 1. The van der Waals surface area contributed by atoms with Crippen molar-refractivity contribution in [2.75, 3.05) is 0 Å². The Kier molecular flexibility index (Phi) is 4.41. The van der Waals surface area contributed by atoms with E-state index in [9.17, 15) is 14.7 Å².